The Morgan fingerprint density at radius 1 is 0.800 bits per heavy atom. The number of nitrogens with zero attached hydrogens (tertiary/aromatic N) is 2. The summed E-state index contributed by atoms with van der Waals surface area (Å²) in [6.07, 6.45) is 0. The zero-order chi connectivity index (χ0) is 24.0. The van der Waals surface area contributed by atoms with Gasteiger partial charge in [-0.3, -0.25) is 4.79 Å². The first-order valence-corrected chi connectivity index (χ1v) is 11.6. The van der Waals surface area contributed by atoms with E-state index in [4.69, 9.17) is 9.84 Å². The Morgan fingerprint density at radius 2 is 1.43 bits per heavy atom. The van der Waals surface area contributed by atoms with Gasteiger partial charge < -0.3 is 10.1 Å². The predicted molar refractivity (Wildman–Crippen MR) is 140 cm³/mol. The lowest BCUT2D eigenvalue weighted by Crippen LogP contribution is -2.12. The van der Waals surface area contributed by atoms with Crippen molar-refractivity contribution in [3.8, 4) is 34.0 Å². The maximum absolute atomic E-state index is 12.8. The first-order chi connectivity index (χ1) is 17.2. The van der Waals surface area contributed by atoms with Crippen LogP contribution in [0.1, 0.15) is 17.3 Å². The third-order valence-corrected chi connectivity index (χ3v) is 5.65. The van der Waals surface area contributed by atoms with Gasteiger partial charge in [0.1, 0.15) is 5.75 Å². The van der Waals surface area contributed by atoms with Gasteiger partial charge in [0.25, 0.3) is 5.91 Å². The number of amides is 1. The van der Waals surface area contributed by atoms with Crippen LogP contribution in [0.4, 0.5) is 5.69 Å². The highest BCUT2D eigenvalue weighted by atomic mass is 16.5. The van der Waals surface area contributed by atoms with Gasteiger partial charge in [0.15, 0.2) is 0 Å². The number of rotatable bonds is 7. The van der Waals surface area contributed by atoms with Crippen LogP contribution in [0.25, 0.3) is 28.2 Å². The fraction of sp³-hybridized carbons (Fsp3) is 0.0667. The first kappa shape index (κ1) is 22.2. The minimum atomic E-state index is -0.172. The number of aromatic nitrogens is 2. The summed E-state index contributed by atoms with van der Waals surface area (Å²) >= 11 is 0. The zero-order valence-electron chi connectivity index (χ0n) is 19.4. The number of nitrogens with one attached hydrogen (secondary N) is 1. The average molecular weight is 460 g/mol. The fourth-order valence-corrected chi connectivity index (χ4v) is 3.90. The van der Waals surface area contributed by atoms with Gasteiger partial charge in [-0.05, 0) is 61.5 Å². The molecule has 0 fully saturated rings. The van der Waals surface area contributed by atoms with Crippen molar-refractivity contribution in [3.05, 3.63) is 121 Å². The van der Waals surface area contributed by atoms with E-state index in [9.17, 15) is 4.79 Å². The second-order valence-corrected chi connectivity index (χ2v) is 8.02. The number of carbonyl (C=O) groups is 1. The van der Waals surface area contributed by atoms with Gasteiger partial charge in [0.05, 0.1) is 23.7 Å². The lowest BCUT2D eigenvalue weighted by atomic mass is 10.1. The van der Waals surface area contributed by atoms with Gasteiger partial charge in [-0.15, -0.1) is 0 Å². The Kier molecular flexibility index (Phi) is 6.39. The Balaban J connectivity index is 1.42. The number of hydrogen-bond donors (Lipinski definition) is 1. The Morgan fingerprint density at radius 3 is 2.06 bits per heavy atom. The molecule has 1 aromatic heterocycles. The van der Waals surface area contributed by atoms with Crippen LogP contribution in [-0.4, -0.2) is 22.3 Å². The van der Waals surface area contributed by atoms with E-state index in [0.29, 0.717) is 17.9 Å². The molecule has 0 aliphatic heterocycles. The van der Waals surface area contributed by atoms with Gasteiger partial charge in [-0.2, -0.15) is 5.10 Å². The molecule has 5 aromatic rings. The number of benzene rings is 4. The van der Waals surface area contributed by atoms with Crippen LogP contribution in [0.2, 0.25) is 0 Å². The van der Waals surface area contributed by atoms with E-state index in [1.807, 2.05) is 96.5 Å². The standard InChI is InChI=1S/C30H25N3O2/c1-2-35-27-19-15-25(16-20-27)31-30(34)24-13-17-26(18-14-24)33-29(23-11-7-4-8-12-23)21-28(32-33)22-9-5-3-6-10-22/h3-21H,2H2,1H3,(H,31,34). The molecule has 0 bridgehead atoms. The highest BCUT2D eigenvalue weighted by Gasteiger charge is 2.14. The summed E-state index contributed by atoms with van der Waals surface area (Å²) < 4.78 is 7.38. The van der Waals surface area contributed by atoms with Crippen molar-refractivity contribution in [1.82, 2.24) is 9.78 Å². The molecule has 0 spiro atoms. The molecular weight excluding hydrogens is 434 g/mol. The summed E-state index contributed by atoms with van der Waals surface area (Å²) in [7, 11) is 0. The van der Waals surface area contributed by atoms with Gasteiger partial charge in [-0.1, -0.05) is 60.7 Å². The third kappa shape index (κ3) is 4.99. The third-order valence-electron chi connectivity index (χ3n) is 5.65. The molecule has 5 rings (SSSR count). The minimum Gasteiger partial charge on any atom is -0.494 e. The molecule has 0 aliphatic rings. The molecule has 35 heavy (non-hydrogen) atoms. The molecule has 0 saturated heterocycles. The molecule has 0 atom stereocenters. The molecule has 172 valence electrons. The lowest BCUT2D eigenvalue weighted by Gasteiger charge is -2.10. The molecule has 0 aliphatic carbocycles. The molecule has 1 heterocycles. The van der Waals surface area contributed by atoms with Gasteiger partial charge in [0.2, 0.25) is 0 Å². The number of hydrogen-bond acceptors (Lipinski definition) is 3. The van der Waals surface area contributed by atoms with E-state index >= 15 is 0 Å². The number of anilines is 1. The molecule has 0 saturated carbocycles. The Hall–Kier alpha value is -4.64. The van der Waals surface area contributed by atoms with Crippen LogP contribution < -0.4 is 10.1 Å². The smallest absolute Gasteiger partial charge is 0.255 e. The van der Waals surface area contributed by atoms with E-state index in [2.05, 4.69) is 35.6 Å². The van der Waals surface area contributed by atoms with Crippen molar-refractivity contribution in [2.75, 3.05) is 11.9 Å². The average Bonchev–Trinajstić information content (AvgIpc) is 3.37. The summed E-state index contributed by atoms with van der Waals surface area (Å²) in [4.78, 5) is 12.8. The van der Waals surface area contributed by atoms with E-state index in [-0.39, 0.29) is 5.91 Å². The monoisotopic (exact) mass is 459 g/mol. The van der Waals surface area contributed by atoms with Crippen molar-refractivity contribution in [1.29, 1.82) is 0 Å². The van der Waals surface area contributed by atoms with E-state index in [1.165, 1.54) is 0 Å². The maximum Gasteiger partial charge on any atom is 0.255 e. The van der Waals surface area contributed by atoms with Crippen LogP contribution in [0, 0.1) is 0 Å². The molecule has 1 N–H and O–H groups in total. The summed E-state index contributed by atoms with van der Waals surface area (Å²) in [5.41, 5.74) is 6.16. The summed E-state index contributed by atoms with van der Waals surface area (Å²) in [5.74, 6) is 0.604. The topological polar surface area (TPSA) is 56.1 Å². The van der Waals surface area contributed by atoms with Crippen LogP contribution in [-0.2, 0) is 0 Å². The lowest BCUT2D eigenvalue weighted by molar-refractivity contribution is 0.102. The largest absolute Gasteiger partial charge is 0.494 e. The van der Waals surface area contributed by atoms with Gasteiger partial charge in [0, 0.05) is 22.4 Å². The Bertz CT molecular complexity index is 1410. The number of carbonyl (C=O) groups excluding carboxylic acids is 1. The summed E-state index contributed by atoms with van der Waals surface area (Å²) in [5, 5.41) is 7.83. The summed E-state index contributed by atoms with van der Waals surface area (Å²) in [6, 6.07) is 37.2. The Labute approximate surface area is 204 Å². The van der Waals surface area contributed by atoms with Crippen molar-refractivity contribution in [2.24, 2.45) is 0 Å². The molecular formula is C30H25N3O2. The highest BCUT2D eigenvalue weighted by molar-refractivity contribution is 6.04. The van der Waals surface area contributed by atoms with Crippen LogP contribution >= 0.6 is 0 Å². The molecule has 4 aromatic carbocycles. The van der Waals surface area contributed by atoms with Crippen molar-refractivity contribution >= 4 is 11.6 Å². The fourth-order valence-electron chi connectivity index (χ4n) is 3.90. The van der Waals surface area contributed by atoms with E-state index in [0.717, 1.165) is 34.0 Å². The first-order valence-electron chi connectivity index (χ1n) is 11.6. The van der Waals surface area contributed by atoms with Gasteiger partial charge >= 0.3 is 0 Å². The molecule has 0 unspecified atom stereocenters. The predicted octanol–water partition coefficient (Wildman–Crippen LogP) is 6.86. The second kappa shape index (κ2) is 10.1. The van der Waals surface area contributed by atoms with Crippen molar-refractivity contribution in [2.45, 2.75) is 6.92 Å². The quantitative estimate of drug-likeness (QED) is 0.289. The number of ether oxygens (including phenoxy) is 1. The SMILES string of the molecule is CCOc1ccc(NC(=O)c2ccc(-n3nc(-c4ccccc4)cc3-c3ccccc3)cc2)cc1. The normalized spacial score (nSPS) is 10.7. The minimum absolute atomic E-state index is 0.172. The molecule has 0 radical (unpaired) electrons. The van der Waals surface area contributed by atoms with E-state index in [1.54, 1.807) is 0 Å². The van der Waals surface area contributed by atoms with E-state index < -0.39 is 0 Å². The molecule has 1 amide bonds. The van der Waals surface area contributed by atoms with Crippen LogP contribution in [0.15, 0.2) is 115 Å². The van der Waals surface area contributed by atoms with Crippen molar-refractivity contribution < 1.29 is 9.53 Å². The highest BCUT2D eigenvalue weighted by Crippen LogP contribution is 2.29. The summed E-state index contributed by atoms with van der Waals surface area (Å²) in [6.45, 7) is 2.54. The van der Waals surface area contributed by atoms with Crippen LogP contribution in [0.5, 0.6) is 5.75 Å². The second-order valence-electron chi connectivity index (χ2n) is 8.02. The molecule has 5 nitrogen and oxygen atoms in total. The zero-order valence-corrected chi connectivity index (χ0v) is 19.4. The maximum atomic E-state index is 12.8. The van der Waals surface area contributed by atoms with Crippen molar-refractivity contribution in [3.63, 3.8) is 0 Å². The van der Waals surface area contributed by atoms with Gasteiger partial charge in [-0.25, -0.2) is 4.68 Å². The van der Waals surface area contributed by atoms with Crippen LogP contribution in [0.3, 0.4) is 0 Å². The molecule has 5 heteroatoms.